The second kappa shape index (κ2) is 7.23. The minimum atomic E-state index is -0.233. The van der Waals surface area contributed by atoms with Crippen LogP contribution in [0.15, 0.2) is 42.5 Å². The topological polar surface area (TPSA) is 29.1 Å². The number of hydrogen-bond acceptors (Lipinski definition) is 1. The minimum absolute atomic E-state index is 0.0445. The van der Waals surface area contributed by atoms with Crippen LogP contribution in [0, 0.1) is 12.7 Å². The van der Waals surface area contributed by atoms with Gasteiger partial charge in [0.25, 0.3) is 0 Å². The first-order valence-corrected chi connectivity index (χ1v) is 7.19. The van der Waals surface area contributed by atoms with Gasteiger partial charge in [-0.1, -0.05) is 41.9 Å². The zero-order valence-corrected chi connectivity index (χ0v) is 12.6. The van der Waals surface area contributed by atoms with E-state index < -0.39 is 0 Å². The van der Waals surface area contributed by atoms with E-state index in [4.69, 9.17) is 11.6 Å². The van der Waals surface area contributed by atoms with Crippen LogP contribution in [0.5, 0.6) is 0 Å². The zero-order chi connectivity index (χ0) is 15.2. The lowest BCUT2D eigenvalue weighted by Crippen LogP contribution is -2.23. The van der Waals surface area contributed by atoms with Gasteiger partial charge < -0.3 is 5.32 Å². The van der Waals surface area contributed by atoms with Crippen molar-refractivity contribution in [1.29, 1.82) is 0 Å². The van der Waals surface area contributed by atoms with Crippen LogP contribution in [0.3, 0.4) is 0 Å². The Hall–Kier alpha value is -1.87. The van der Waals surface area contributed by atoms with E-state index in [9.17, 15) is 9.18 Å². The van der Waals surface area contributed by atoms with Crippen LogP contribution >= 0.6 is 11.6 Å². The molecule has 0 fully saturated rings. The summed E-state index contributed by atoms with van der Waals surface area (Å²) in [6.07, 6.45) is 0.984. The van der Waals surface area contributed by atoms with E-state index in [0.29, 0.717) is 30.0 Å². The van der Waals surface area contributed by atoms with Crippen molar-refractivity contribution in [2.24, 2.45) is 0 Å². The van der Waals surface area contributed by atoms with Crippen molar-refractivity contribution >= 4 is 17.5 Å². The number of hydrogen-bond donors (Lipinski definition) is 1. The van der Waals surface area contributed by atoms with Gasteiger partial charge in [-0.2, -0.15) is 0 Å². The Morgan fingerprint density at radius 3 is 2.71 bits per heavy atom. The molecule has 21 heavy (non-hydrogen) atoms. The molecule has 0 aliphatic heterocycles. The second-order valence-electron chi connectivity index (χ2n) is 4.95. The molecule has 0 saturated carbocycles. The average Bonchev–Trinajstić information content (AvgIpc) is 2.47. The predicted octanol–water partition coefficient (Wildman–Crippen LogP) is 4.04. The number of rotatable bonds is 5. The Kier molecular flexibility index (Phi) is 5.34. The molecule has 4 heteroatoms. The Morgan fingerprint density at radius 2 is 2.00 bits per heavy atom. The van der Waals surface area contributed by atoms with E-state index in [1.54, 1.807) is 19.1 Å². The lowest BCUT2D eigenvalue weighted by atomic mass is 10.1. The number of amides is 1. The highest BCUT2D eigenvalue weighted by Crippen LogP contribution is 2.16. The van der Waals surface area contributed by atoms with Gasteiger partial charge in [-0.05, 0) is 42.2 Å². The lowest BCUT2D eigenvalue weighted by Gasteiger charge is -2.07. The molecule has 0 heterocycles. The first kappa shape index (κ1) is 15.5. The molecule has 0 aliphatic carbocycles. The highest BCUT2D eigenvalue weighted by molar-refractivity contribution is 6.31. The van der Waals surface area contributed by atoms with E-state index in [1.807, 2.05) is 24.3 Å². The zero-order valence-electron chi connectivity index (χ0n) is 11.8. The van der Waals surface area contributed by atoms with Crippen LogP contribution in [0.4, 0.5) is 4.39 Å². The monoisotopic (exact) mass is 305 g/mol. The SMILES string of the molecule is Cc1cc(CNC(=O)CCc2ccccc2Cl)ccc1F. The van der Waals surface area contributed by atoms with Crippen LogP contribution in [0.2, 0.25) is 5.02 Å². The Bertz CT molecular complexity index is 642. The van der Waals surface area contributed by atoms with E-state index in [1.165, 1.54) is 6.07 Å². The fraction of sp³-hybridized carbons (Fsp3) is 0.235. The first-order chi connectivity index (χ1) is 10.1. The molecule has 1 N–H and O–H groups in total. The molecule has 0 unspecified atom stereocenters. The summed E-state index contributed by atoms with van der Waals surface area (Å²) in [5.41, 5.74) is 2.43. The highest BCUT2D eigenvalue weighted by atomic mass is 35.5. The number of halogens is 2. The number of aryl methyl sites for hydroxylation is 2. The van der Waals surface area contributed by atoms with Crippen molar-refractivity contribution in [2.45, 2.75) is 26.3 Å². The molecule has 0 saturated heterocycles. The Morgan fingerprint density at radius 1 is 1.24 bits per heavy atom. The summed E-state index contributed by atoms with van der Waals surface area (Å²) in [5, 5.41) is 3.51. The van der Waals surface area contributed by atoms with Gasteiger partial charge in [0.15, 0.2) is 0 Å². The summed E-state index contributed by atoms with van der Waals surface area (Å²) < 4.78 is 13.1. The minimum Gasteiger partial charge on any atom is -0.352 e. The molecule has 2 aromatic rings. The van der Waals surface area contributed by atoms with Crippen molar-refractivity contribution in [1.82, 2.24) is 5.32 Å². The van der Waals surface area contributed by atoms with E-state index in [2.05, 4.69) is 5.32 Å². The van der Waals surface area contributed by atoms with Gasteiger partial charge in [-0.25, -0.2) is 4.39 Å². The quantitative estimate of drug-likeness (QED) is 0.887. The van der Waals surface area contributed by atoms with Crippen LogP contribution < -0.4 is 5.32 Å². The smallest absolute Gasteiger partial charge is 0.220 e. The normalized spacial score (nSPS) is 10.4. The molecule has 0 radical (unpaired) electrons. The summed E-state index contributed by atoms with van der Waals surface area (Å²) in [6, 6.07) is 12.3. The number of carbonyl (C=O) groups is 1. The van der Waals surface area contributed by atoms with Gasteiger partial charge in [-0.15, -0.1) is 0 Å². The third-order valence-corrected chi connectivity index (χ3v) is 3.66. The summed E-state index contributed by atoms with van der Waals surface area (Å²) in [4.78, 5) is 11.8. The summed E-state index contributed by atoms with van der Waals surface area (Å²) in [6.45, 7) is 2.11. The molecule has 0 aromatic heterocycles. The molecular formula is C17H17ClFNO. The van der Waals surface area contributed by atoms with Gasteiger partial charge >= 0.3 is 0 Å². The largest absolute Gasteiger partial charge is 0.352 e. The van der Waals surface area contributed by atoms with Crippen molar-refractivity contribution < 1.29 is 9.18 Å². The standard InChI is InChI=1S/C17H17ClFNO/c1-12-10-13(6-8-16(12)19)11-20-17(21)9-7-14-4-2-3-5-15(14)18/h2-6,8,10H,7,9,11H2,1H3,(H,20,21). The maximum Gasteiger partial charge on any atom is 0.220 e. The Balaban J connectivity index is 1.82. The van der Waals surface area contributed by atoms with Crippen LogP contribution in [0.1, 0.15) is 23.1 Å². The van der Waals surface area contributed by atoms with E-state index in [-0.39, 0.29) is 11.7 Å². The van der Waals surface area contributed by atoms with Crippen LogP contribution in [-0.4, -0.2) is 5.91 Å². The molecular weight excluding hydrogens is 289 g/mol. The maximum atomic E-state index is 13.1. The van der Waals surface area contributed by atoms with Gasteiger partial charge in [0.2, 0.25) is 5.91 Å². The molecule has 2 nitrogen and oxygen atoms in total. The van der Waals surface area contributed by atoms with Gasteiger partial charge in [-0.3, -0.25) is 4.79 Å². The van der Waals surface area contributed by atoms with Gasteiger partial charge in [0, 0.05) is 18.0 Å². The molecule has 2 aromatic carbocycles. The molecule has 0 spiro atoms. The molecule has 110 valence electrons. The lowest BCUT2D eigenvalue weighted by molar-refractivity contribution is -0.121. The number of nitrogens with one attached hydrogen (secondary N) is 1. The third kappa shape index (κ3) is 4.57. The first-order valence-electron chi connectivity index (χ1n) is 6.81. The molecule has 1 amide bonds. The number of carbonyl (C=O) groups excluding carboxylic acids is 1. The van der Waals surface area contributed by atoms with Gasteiger partial charge in [0.05, 0.1) is 0 Å². The fourth-order valence-corrected chi connectivity index (χ4v) is 2.29. The Labute approximate surface area is 128 Å². The van der Waals surface area contributed by atoms with Crippen molar-refractivity contribution in [3.8, 4) is 0 Å². The summed E-state index contributed by atoms with van der Waals surface area (Å²) in [7, 11) is 0. The summed E-state index contributed by atoms with van der Waals surface area (Å²) in [5.74, 6) is -0.277. The van der Waals surface area contributed by atoms with E-state index >= 15 is 0 Å². The predicted molar refractivity (Wildman–Crippen MR) is 82.8 cm³/mol. The molecule has 0 atom stereocenters. The van der Waals surface area contributed by atoms with Crippen LogP contribution in [-0.2, 0) is 17.8 Å². The van der Waals surface area contributed by atoms with Gasteiger partial charge in [0.1, 0.15) is 5.82 Å². The van der Waals surface area contributed by atoms with Crippen molar-refractivity contribution in [2.75, 3.05) is 0 Å². The highest BCUT2D eigenvalue weighted by Gasteiger charge is 2.05. The average molecular weight is 306 g/mol. The van der Waals surface area contributed by atoms with E-state index in [0.717, 1.165) is 11.1 Å². The summed E-state index contributed by atoms with van der Waals surface area (Å²) >= 11 is 6.05. The fourth-order valence-electron chi connectivity index (χ4n) is 2.06. The molecule has 0 bridgehead atoms. The maximum absolute atomic E-state index is 13.1. The second-order valence-corrected chi connectivity index (χ2v) is 5.36. The van der Waals surface area contributed by atoms with Crippen molar-refractivity contribution in [3.05, 3.63) is 70.0 Å². The number of benzene rings is 2. The van der Waals surface area contributed by atoms with Crippen LogP contribution in [0.25, 0.3) is 0 Å². The third-order valence-electron chi connectivity index (χ3n) is 3.29. The van der Waals surface area contributed by atoms with Crippen molar-refractivity contribution in [3.63, 3.8) is 0 Å². The molecule has 2 rings (SSSR count). The molecule has 0 aliphatic rings.